The van der Waals surface area contributed by atoms with Crippen LogP contribution in [0.2, 0.25) is 0 Å². The summed E-state index contributed by atoms with van der Waals surface area (Å²) in [5.41, 5.74) is 1.41. The summed E-state index contributed by atoms with van der Waals surface area (Å²) in [6.45, 7) is 14.1. The molecule has 1 aromatic heterocycles. The number of nitrogens with zero attached hydrogens (tertiary/aromatic N) is 3. The quantitative estimate of drug-likeness (QED) is 0.0540. The predicted molar refractivity (Wildman–Crippen MR) is 307 cm³/mol. The van der Waals surface area contributed by atoms with Crippen molar-refractivity contribution in [3.8, 4) is 0 Å². The van der Waals surface area contributed by atoms with Crippen LogP contribution in [0, 0.1) is 10.8 Å². The number of benzene rings is 4. The van der Waals surface area contributed by atoms with E-state index in [1.807, 2.05) is 163 Å². The summed E-state index contributed by atoms with van der Waals surface area (Å²) in [6.07, 6.45) is 0.0165. The van der Waals surface area contributed by atoms with E-state index in [-0.39, 0.29) is 37.3 Å². The lowest BCUT2D eigenvalue weighted by Crippen LogP contribution is -2.59. The van der Waals surface area contributed by atoms with E-state index in [0.717, 1.165) is 22.3 Å². The summed E-state index contributed by atoms with van der Waals surface area (Å²) in [5.74, 6) is -4.13. The average molecular weight is 1110 g/mol. The molecule has 2 fully saturated rings. The fourth-order valence-corrected chi connectivity index (χ4v) is 10.1. The van der Waals surface area contributed by atoms with Crippen molar-refractivity contribution in [2.24, 2.45) is 10.8 Å². The Morgan fingerprint density at radius 1 is 0.506 bits per heavy atom. The molecule has 5 aromatic rings. The van der Waals surface area contributed by atoms with Gasteiger partial charge in [-0.1, -0.05) is 163 Å². The molecule has 81 heavy (non-hydrogen) atoms. The first kappa shape index (κ1) is 60.4. The van der Waals surface area contributed by atoms with Gasteiger partial charge in [-0.05, 0) is 73.9 Å². The standard InChI is InChI=1S/C61H78N12O8/c1-36(62-9)52(74)68-50(60(3,4)5)58(80)72-34-42(31-46(72)56(78)66-48(38-23-15-11-16-24-38)39-25-17-12-18-26-39)64-54(76)44-33-45(71-70-44)55(77)65-43-32-47(73(35-43)59(81)51(61(6,7)8)69-53(75)37(2)63-10)57(79)67-49(40-27-19-13-20-28-40)41-29-21-14-22-30-41/h11-30,33,36-37,42-43,46-51,62-63H,31-32,34-35H2,1-10H3,(H,64,76)(H,65,77)(H,66,78)(H,67,79)(H,68,74)(H,69,75)(H,70,71)/t36-,37?,42-,43-,46-,47-,50+,51+/m0/s1. The number of H-pyrrole nitrogens is 1. The summed E-state index contributed by atoms with van der Waals surface area (Å²) < 4.78 is 0. The minimum atomic E-state index is -1.08. The zero-order valence-electron chi connectivity index (χ0n) is 47.8. The van der Waals surface area contributed by atoms with Gasteiger partial charge in [0.15, 0.2) is 5.69 Å². The van der Waals surface area contributed by atoms with Crippen LogP contribution >= 0.6 is 0 Å². The van der Waals surface area contributed by atoms with Crippen LogP contribution in [-0.4, -0.2) is 143 Å². The maximum absolute atomic E-state index is 14.8. The number of likely N-dealkylation sites (N-methyl/N-ethyl adjacent to an activating group) is 2. The molecule has 0 saturated carbocycles. The number of carbonyl (C=O) groups excluding carboxylic acids is 8. The minimum Gasteiger partial charge on any atom is -0.346 e. The summed E-state index contributed by atoms with van der Waals surface area (Å²) in [5, 5.41) is 30.6. The van der Waals surface area contributed by atoms with E-state index in [4.69, 9.17) is 0 Å². The Balaban J connectivity index is 1.11. The van der Waals surface area contributed by atoms with Crippen molar-refractivity contribution in [2.75, 3.05) is 27.2 Å². The summed E-state index contributed by atoms with van der Waals surface area (Å²) in [7, 11) is 3.27. The number of amides is 8. The first-order chi connectivity index (χ1) is 38.5. The van der Waals surface area contributed by atoms with Gasteiger partial charge in [-0.15, -0.1) is 0 Å². The number of hydrogen-bond acceptors (Lipinski definition) is 11. The Morgan fingerprint density at radius 2 is 0.840 bits per heavy atom. The molecule has 430 valence electrons. The molecule has 0 aliphatic carbocycles. The lowest BCUT2D eigenvalue weighted by Gasteiger charge is -2.36. The molecule has 2 aliphatic heterocycles. The Hall–Kier alpha value is -8.23. The Labute approximate surface area is 474 Å². The largest absolute Gasteiger partial charge is 0.346 e. The zero-order valence-corrected chi connectivity index (χ0v) is 47.8. The van der Waals surface area contributed by atoms with E-state index in [2.05, 4.69) is 52.7 Å². The zero-order chi connectivity index (χ0) is 58.8. The first-order valence-corrected chi connectivity index (χ1v) is 27.5. The fraction of sp³-hybridized carbons (Fsp3) is 0.426. The van der Waals surface area contributed by atoms with E-state index in [1.165, 1.54) is 15.9 Å². The normalized spacial score (nSPS) is 18.8. The Kier molecular flexibility index (Phi) is 19.7. The van der Waals surface area contributed by atoms with Crippen LogP contribution < -0.4 is 42.5 Å². The monoisotopic (exact) mass is 1110 g/mol. The highest BCUT2D eigenvalue weighted by atomic mass is 16.2. The maximum atomic E-state index is 14.8. The van der Waals surface area contributed by atoms with Gasteiger partial charge in [0.25, 0.3) is 11.8 Å². The molecule has 0 bridgehead atoms. The number of aromatic nitrogens is 2. The minimum absolute atomic E-state index is 0.00641. The molecule has 0 radical (unpaired) electrons. The molecule has 0 spiro atoms. The van der Waals surface area contributed by atoms with Crippen molar-refractivity contribution in [3.63, 3.8) is 0 Å². The topological polar surface area (TPSA) is 268 Å². The van der Waals surface area contributed by atoms with E-state index >= 15 is 0 Å². The lowest BCUT2D eigenvalue weighted by atomic mass is 9.85. The molecular weight excluding hydrogens is 1030 g/mol. The van der Waals surface area contributed by atoms with Crippen molar-refractivity contribution < 1.29 is 38.4 Å². The molecule has 2 saturated heterocycles. The molecule has 2 aliphatic rings. The van der Waals surface area contributed by atoms with E-state index < -0.39 is 119 Å². The second kappa shape index (κ2) is 26.4. The second-order valence-corrected chi connectivity index (χ2v) is 23.2. The van der Waals surface area contributed by atoms with Gasteiger partial charge in [-0.2, -0.15) is 5.10 Å². The van der Waals surface area contributed by atoms with Gasteiger partial charge in [-0.3, -0.25) is 43.5 Å². The van der Waals surface area contributed by atoms with Gasteiger partial charge in [-0.25, -0.2) is 0 Å². The maximum Gasteiger partial charge on any atom is 0.272 e. The Morgan fingerprint density at radius 3 is 1.16 bits per heavy atom. The van der Waals surface area contributed by atoms with Gasteiger partial charge in [0.1, 0.15) is 29.9 Å². The third-order valence-corrected chi connectivity index (χ3v) is 15.1. The predicted octanol–water partition coefficient (Wildman–Crippen LogP) is 3.90. The number of aromatic amines is 1. The summed E-state index contributed by atoms with van der Waals surface area (Å²) in [6, 6.07) is 30.7. The molecule has 8 atom stereocenters. The number of rotatable bonds is 20. The molecular formula is C61H78N12O8. The molecule has 20 heteroatoms. The highest BCUT2D eigenvalue weighted by Gasteiger charge is 2.48. The molecule has 9 N–H and O–H groups in total. The van der Waals surface area contributed by atoms with Crippen LogP contribution in [0.15, 0.2) is 127 Å². The molecule has 4 aromatic carbocycles. The van der Waals surface area contributed by atoms with Gasteiger partial charge in [0, 0.05) is 31.2 Å². The van der Waals surface area contributed by atoms with Crippen molar-refractivity contribution in [1.29, 1.82) is 0 Å². The van der Waals surface area contributed by atoms with Crippen LogP contribution in [0.1, 0.15) is 124 Å². The van der Waals surface area contributed by atoms with Crippen LogP contribution in [0.25, 0.3) is 0 Å². The van der Waals surface area contributed by atoms with Crippen molar-refractivity contribution in [2.45, 2.75) is 129 Å². The summed E-state index contributed by atoms with van der Waals surface area (Å²) in [4.78, 5) is 117. The molecule has 20 nitrogen and oxygen atoms in total. The van der Waals surface area contributed by atoms with E-state index in [9.17, 15) is 38.4 Å². The van der Waals surface area contributed by atoms with Crippen LogP contribution in [0.5, 0.6) is 0 Å². The van der Waals surface area contributed by atoms with Crippen LogP contribution in [0.3, 0.4) is 0 Å². The Bertz CT molecular complexity index is 2720. The van der Waals surface area contributed by atoms with Gasteiger partial charge in [0.05, 0.1) is 24.2 Å². The summed E-state index contributed by atoms with van der Waals surface area (Å²) >= 11 is 0. The average Bonchev–Trinajstić information content (AvgIpc) is 4.25. The van der Waals surface area contributed by atoms with E-state index in [0.29, 0.717) is 0 Å². The molecule has 7 rings (SSSR count). The van der Waals surface area contributed by atoms with Crippen molar-refractivity contribution >= 4 is 47.3 Å². The highest BCUT2D eigenvalue weighted by Crippen LogP contribution is 2.31. The highest BCUT2D eigenvalue weighted by molar-refractivity contribution is 5.99. The van der Waals surface area contributed by atoms with Crippen molar-refractivity contribution in [1.82, 2.24) is 62.5 Å². The fourth-order valence-electron chi connectivity index (χ4n) is 10.1. The molecule has 3 heterocycles. The van der Waals surface area contributed by atoms with Gasteiger partial charge < -0.3 is 52.3 Å². The van der Waals surface area contributed by atoms with Gasteiger partial charge in [0.2, 0.25) is 35.4 Å². The number of carbonyl (C=O) groups is 8. The third-order valence-electron chi connectivity index (χ3n) is 15.1. The smallest absolute Gasteiger partial charge is 0.272 e. The SMILES string of the molecule is CNC(C)C(=O)N[C@H](C(=O)N1C[C@@H](NC(=O)c2cc(C(=O)N[C@H]3C[C@@H](C(=O)NC(c4ccccc4)c4ccccc4)N(C(=O)[C@@H](NC(=O)[C@H](C)NC)C(C)(C)C)C3)[nH]n2)C[C@H]1C(=O)NC(c1ccccc1)c1ccccc1)C(C)(C)C. The van der Waals surface area contributed by atoms with E-state index in [1.54, 1.807) is 27.9 Å². The molecule has 8 amide bonds. The number of likely N-dealkylation sites (tertiary alicyclic amines) is 2. The number of nitrogens with one attached hydrogen (secondary N) is 9. The first-order valence-electron chi connectivity index (χ1n) is 27.5. The molecule has 1 unspecified atom stereocenters. The van der Waals surface area contributed by atoms with Crippen molar-refractivity contribution in [3.05, 3.63) is 161 Å². The third kappa shape index (κ3) is 15.0. The van der Waals surface area contributed by atoms with Gasteiger partial charge >= 0.3 is 0 Å². The van der Waals surface area contributed by atoms with Crippen LogP contribution in [-0.2, 0) is 28.8 Å². The van der Waals surface area contributed by atoms with Crippen LogP contribution in [0.4, 0.5) is 0 Å². The number of hydrogen-bond donors (Lipinski definition) is 9. The second-order valence-electron chi connectivity index (χ2n) is 23.2. The lowest BCUT2D eigenvalue weighted by molar-refractivity contribution is -0.144.